The molecule has 1 spiro atoms. The van der Waals surface area contributed by atoms with Gasteiger partial charge in [-0.25, -0.2) is 0 Å². The normalized spacial score (nSPS) is 13.2. The van der Waals surface area contributed by atoms with E-state index in [1.54, 1.807) is 0 Å². The van der Waals surface area contributed by atoms with Crippen LogP contribution in [0.1, 0.15) is 22.3 Å². The molecule has 2 aliphatic rings. The number of benzene rings is 9. The monoisotopic (exact) mass is 699 g/mol. The first-order chi connectivity index (χ1) is 27.3. The number of para-hydroxylation sites is 3. The number of anilines is 3. The van der Waals surface area contributed by atoms with Crippen LogP contribution in [0.3, 0.4) is 0 Å². The largest absolute Gasteiger partial charge is 0.455 e. The van der Waals surface area contributed by atoms with Gasteiger partial charge in [0.25, 0.3) is 0 Å². The first-order valence-corrected chi connectivity index (χ1v) is 19.0. The zero-order chi connectivity index (χ0) is 36.1. The number of hydrogen-bond donors (Lipinski definition) is 0. The van der Waals surface area contributed by atoms with E-state index in [9.17, 15) is 0 Å². The Hall–Kier alpha value is -7.16. The number of rotatable bonds is 4. The Balaban J connectivity index is 1.12. The summed E-state index contributed by atoms with van der Waals surface area (Å²) >= 11 is 0. The molecule has 0 bridgehead atoms. The molecule has 0 N–H and O–H groups in total. The molecule has 9 aromatic carbocycles. The molecule has 10 aromatic rings. The molecule has 0 atom stereocenters. The minimum atomic E-state index is -0.431. The van der Waals surface area contributed by atoms with Crippen molar-refractivity contribution in [2.45, 2.75) is 5.41 Å². The second kappa shape index (κ2) is 11.4. The predicted molar refractivity (Wildman–Crippen MR) is 228 cm³/mol. The predicted octanol–water partition coefficient (Wildman–Crippen LogP) is 14.2. The van der Waals surface area contributed by atoms with Crippen molar-refractivity contribution in [3.63, 3.8) is 0 Å². The van der Waals surface area contributed by atoms with Gasteiger partial charge < -0.3 is 9.32 Å². The van der Waals surface area contributed by atoms with Crippen molar-refractivity contribution < 1.29 is 4.42 Å². The van der Waals surface area contributed by atoms with Gasteiger partial charge in [0, 0.05) is 38.7 Å². The van der Waals surface area contributed by atoms with Gasteiger partial charge in [-0.3, -0.25) is 0 Å². The highest BCUT2D eigenvalue weighted by Crippen LogP contribution is 2.63. The number of nitrogens with zero attached hydrogens (tertiary/aromatic N) is 1. The summed E-state index contributed by atoms with van der Waals surface area (Å²) in [6.07, 6.45) is 0. The summed E-state index contributed by atoms with van der Waals surface area (Å²) in [6.45, 7) is 0. The van der Waals surface area contributed by atoms with Gasteiger partial charge in [-0.2, -0.15) is 0 Å². The van der Waals surface area contributed by atoms with Gasteiger partial charge >= 0.3 is 0 Å². The van der Waals surface area contributed by atoms with Crippen LogP contribution in [-0.4, -0.2) is 0 Å². The van der Waals surface area contributed by atoms with Crippen LogP contribution in [-0.2, 0) is 5.41 Å². The van der Waals surface area contributed by atoms with E-state index in [1.165, 1.54) is 49.9 Å². The molecule has 2 heteroatoms. The van der Waals surface area contributed by atoms with E-state index in [-0.39, 0.29) is 0 Å². The van der Waals surface area contributed by atoms with Crippen LogP contribution < -0.4 is 4.90 Å². The molecule has 0 saturated heterocycles. The van der Waals surface area contributed by atoms with Crippen LogP contribution in [0.4, 0.5) is 17.1 Å². The van der Waals surface area contributed by atoms with Crippen molar-refractivity contribution >= 4 is 49.8 Å². The Morgan fingerprint density at radius 2 is 0.873 bits per heavy atom. The van der Waals surface area contributed by atoms with Crippen molar-refractivity contribution in [2.75, 3.05) is 4.90 Å². The molecule has 1 heterocycles. The lowest BCUT2D eigenvalue weighted by molar-refractivity contribution is 0.674. The summed E-state index contributed by atoms with van der Waals surface area (Å²) in [5.74, 6) is 0. The van der Waals surface area contributed by atoms with Gasteiger partial charge in [-0.05, 0) is 86.3 Å². The first-order valence-electron chi connectivity index (χ1n) is 19.0. The molecule has 256 valence electrons. The SMILES string of the molecule is c1ccc(N(c2ccc3c(c2)C2(c4ccccc4-c4ccccc42)c2ccccc2-3)c2ccccc2-c2cccc3c2oc2c4ccccc4ccc32)cc1. The Morgan fingerprint density at radius 3 is 1.60 bits per heavy atom. The smallest absolute Gasteiger partial charge is 0.143 e. The second-order valence-corrected chi connectivity index (χ2v) is 14.8. The third-order valence-electron chi connectivity index (χ3n) is 12.1. The highest BCUT2D eigenvalue weighted by molar-refractivity contribution is 6.17. The summed E-state index contributed by atoms with van der Waals surface area (Å²) in [7, 11) is 0. The van der Waals surface area contributed by atoms with Gasteiger partial charge in [-0.1, -0.05) is 164 Å². The molecule has 55 heavy (non-hydrogen) atoms. The fraction of sp³-hybridized carbons (Fsp3) is 0.0189. The van der Waals surface area contributed by atoms with Crippen LogP contribution in [0.25, 0.3) is 66.1 Å². The van der Waals surface area contributed by atoms with Gasteiger partial charge in [-0.15, -0.1) is 0 Å². The molecule has 0 aliphatic heterocycles. The lowest BCUT2D eigenvalue weighted by Gasteiger charge is -2.32. The Morgan fingerprint density at radius 1 is 0.327 bits per heavy atom. The summed E-state index contributed by atoms with van der Waals surface area (Å²) in [4.78, 5) is 2.43. The minimum Gasteiger partial charge on any atom is -0.455 e. The number of furan rings is 1. The van der Waals surface area contributed by atoms with Crippen molar-refractivity contribution in [1.82, 2.24) is 0 Å². The molecule has 2 nitrogen and oxygen atoms in total. The van der Waals surface area contributed by atoms with Gasteiger partial charge in [0.15, 0.2) is 0 Å². The van der Waals surface area contributed by atoms with E-state index in [1.807, 2.05) is 0 Å². The zero-order valence-electron chi connectivity index (χ0n) is 29.9. The molecular weight excluding hydrogens is 667 g/mol. The zero-order valence-corrected chi connectivity index (χ0v) is 29.9. The van der Waals surface area contributed by atoms with Gasteiger partial charge in [0.1, 0.15) is 11.2 Å². The highest BCUT2D eigenvalue weighted by atomic mass is 16.3. The highest BCUT2D eigenvalue weighted by Gasteiger charge is 2.51. The van der Waals surface area contributed by atoms with E-state index >= 15 is 0 Å². The molecule has 0 unspecified atom stereocenters. The van der Waals surface area contributed by atoms with Crippen LogP contribution >= 0.6 is 0 Å². The lowest BCUT2D eigenvalue weighted by atomic mass is 9.70. The standard InChI is InChI=1S/C53H33NO/c1-2-16-35(17-3-1)54(50-28-13-9-22-42(50)43-23-14-24-44-45-31-29-34-15-4-5-18-37(34)51(45)55-52(43)44)36-30-32-41-40-21-8-12-27-48(40)53(49(41)33-36)46-25-10-6-19-38(46)39-20-7-11-26-47(39)53/h1-33H. The maximum absolute atomic E-state index is 6.91. The Bertz CT molecular complexity index is 3110. The molecular formula is C53H33NO. The molecule has 2 aliphatic carbocycles. The van der Waals surface area contributed by atoms with E-state index in [0.717, 1.165) is 55.5 Å². The Kier molecular flexibility index (Phi) is 6.29. The van der Waals surface area contributed by atoms with Crippen LogP contribution in [0.2, 0.25) is 0 Å². The second-order valence-electron chi connectivity index (χ2n) is 14.8. The summed E-state index contributed by atoms with van der Waals surface area (Å²) in [6, 6.07) is 73.1. The fourth-order valence-electron chi connectivity index (χ4n) is 9.86. The first kappa shape index (κ1) is 30.3. The van der Waals surface area contributed by atoms with Crippen molar-refractivity contribution in [2.24, 2.45) is 0 Å². The van der Waals surface area contributed by atoms with Crippen LogP contribution in [0.15, 0.2) is 205 Å². The van der Waals surface area contributed by atoms with E-state index in [4.69, 9.17) is 4.42 Å². The van der Waals surface area contributed by atoms with Gasteiger partial charge in [0.2, 0.25) is 0 Å². The van der Waals surface area contributed by atoms with Crippen molar-refractivity contribution in [3.05, 3.63) is 222 Å². The summed E-state index contributed by atoms with van der Waals surface area (Å²) < 4.78 is 6.91. The summed E-state index contributed by atoms with van der Waals surface area (Å²) in [5.41, 5.74) is 17.4. The minimum absolute atomic E-state index is 0.431. The third kappa shape index (κ3) is 4.08. The van der Waals surface area contributed by atoms with Crippen LogP contribution in [0.5, 0.6) is 0 Å². The lowest BCUT2D eigenvalue weighted by Crippen LogP contribution is -2.26. The van der Waals surface area contributed by atoms with E-state index in [0.29, 0.717) is 0 Å². The summed E-state index contributed by atoms with van der Waals surface area (Å²) in [5, 5.41) is 4.56. The number of hydrogen-bond acceptors (Lipinski definition) is 2. The average molecular weight is 700 g/mol. The van der Waals surface area contributed by atoms with E-state index < -0.39 is 5.41 Å². The Labute approximate surface area is 319 Å². The molecule has 0 saturated carbocycles. The average Bonchev–Trinajstić information content (AvgIpc) is 3.89. The molecule has 12 rings (SSSR count). The molecule has 1 aromatic heterocycles. The molecule has 0 radical (unpaired) electrons. The maximum Gasteiger partial charge on any atom is 0.143 e. The van der Waals surface area contributed by atoms with Gasteiger partial charge in [0.05, 0.1) is 11.1 Å². The third-order valence-corrected chi connectivity index (χ3v) is 12.1. The topological polar surface area (TPSA) is 16.4 Å². The fourth-order valence-corrected chi connectivity index (χ4v) is 9.86. The number of fused-ring (bicyclic) bond motifs is 15. The molecule has 0 amide bonds. The van der Waals surface area contributed by atoms with Crippen molar-refractivity contribution in [1.29, 1.82) is 0 Å². The van der Waals surface area contributed by atoms with E-state index in [2.05, 4.69) is 205 Å². The van der Waals surface area contributed by atoms with Crippen LogP contribution in [0, 0.1) is 0 Å². The quantitative estimate of drug-likeness (QED) is 0.182. The molecule has 0 fully saturated rings. The van der Waals surface area contributed by atoms with Crippen molar-refractivity contribution in [3.8, 4) is 33.4 Å². The maximum atomic E-state index is 6.91.